The van der Waals surface area contributed by atoms with Gasteiger partial charge >= 0.3 is 6.03 Å². The molecule has 0 saturated carbocycles. The van der Waals surface area contributed by atoms with E-state index in [4.69, 9.17) is 4.84 Å². The molecule has 1 aromatic carbocycles. The Morgan fingerprint density at radius 2 is 2.07 bits per heavy atom. The monoisotopic (exact) mass is 272 g/mol. The van der Waals surface area contributed by atoms with Crippen molar-refractivity contribution in [2.75, 3.05) is 19.0 Å². The zero-order valence-corrected chi connectivity index (χ0v) is 10.2. The van der Waals surface area contributed by atoms with Gasteiger partial charge in [0.05, 0.1) is 6.61 Å². The first kappa shape index (κ1) is 12.0. The van der Waals surface area contributed by atoms with Crippen molar-refractivity contribution >= 4 is 27.6 Å². The number of nitrogens with one attached hydrogen (secondary N) is 1. The summed E-state index contributed by atoms with van der Waals surface area (Å²) in [6.45, 7) is 2.29. The zero-order chi connectivity index (χ0) is 11.3. The average molecular weight is 273 g/mol. The van der Waals surface area contributed by atoms with E-state index in [1.54, 1.807) is 7.05 Å². The van der Waals surface area contributed by atoms with Crippen LogP contribution >= 0.6 is 15.9 Å². The van der Waals surface area contributed by atoms with Crippen LogP contribution in [0.3, 0.4) is 0 Å². The lowest BCUT2D eigenvalue weighted by Gasteiger charge is -2.16. The number of urea groups is 1. The minimum Gasteiger partial charge on any atom is -0.306 e. The lowest BCUT2D eigenvalue weighted by atomic mass is 10.3. The standard InChI is InChI=1S/C10H13BrN2O2/c1-3-15-13(2)10(14)12-9-6-4-8(11)5-7-9/h4-7H,3H2,1-2H3,(H,12,14). The van der Waals surface area contributed by atoms with Gasteiger partial charge < -0.3 is 5.32 Å². The van der Waals surface area contributed by atoms with Crippen LogP contribution in [0.2, 0.25) is 0 Å². The van der Waals surface area contributed by atoms with Gasteiger partial charge in [0.15, 0.2) is 0 Å². The Balaban J connectivity index is 2.54. The van der Waals surface area contributed by atoms with Crippen molar-refractivity contribution in [2.24, 2.45) is 0 Å². The molecule has 0 saturated heterocycles. The Bertz CT molecular complexity index is 327. The van der Waals surface area contributed by atoms with Crippen LogP contribution in [0, 0.1) is 0 Å². The molecule has 0 bridgehead atoms. The molecule has 1 aromatic rings. The van der Waals surface area contributed by atoms with Gasteiger partial charge in [0.25, 0.3) is 0 Å². The van der Waals surface area contributed by atoms with Crippen LogP contribution in [-0.4, -0.2) is 24.7 Å². The van der Waals surface area contributed by atoms with Crippen LogP contribution in [-0.2, 0) is 4.84 Å². The summed E-state index contributed by atoms with van der Waals surface area (Å²) in [6.07, 6.45) is 0. The molecule has 0 aliphatic rings. The second-order valence-electron chi connectivity index (χ2n) is 2.85. The predicted molar refractivity (Wildman–Crippen MR) is 62.5 cm³/mol. The van der Waals surface area contributed by atoms with Gasteiger partial charge in [0, 0.05) is 17.2 Å². The Labute approximate surface area is 97.3 Å². The first-order chi connectivity index (χ1) is 7.13. The molecule has 0 radical (unpaired) electrons. The lowest BCUT2D eigenvalue weighted by Crippen LogP contribution is -2.31. The molecule has 0 aliphatic carbocycles. The highest BCUT2D eigenvalue weighted by molar-refractivity contribution is 9.10. The summed E-state index contributed by atoms with van der Waals surface area (Å²) in [6, 6.07) is 7.04. The Morgan fingerprint density at radius 3 is 2.60 bits per heavy atom. The second kappa shape index (κ2) is 5.72. The number of halogens is 1. The number of anilines is 1. The van der Waals surface area contributed by atoms with Crippen LogP contribution in [0.25, 0.3) is 0 Å². The number of hydrogen-bond acceptors (Lipinski definition) is 2. The van der Waals surface area contributed by atoms with E-state index < -0.39 is 0 Å². The largest absolute Gasteiger partial charge is 0.345 e. The van der Waals surface area contributed by atoms with Gasteiger partial charge in [-0.2, -0.15) is 0 Å². The fraction of sp³-hybridized carbons (Fsp3) is 0.300. The molecule has 0 aliphatic heterocycles. The van der Waals surface area contributed by atoms with E-state index in [2.05, 4.69) is 21.2 Å². The van der Waals surface area contributed by atoms with Crippen LogP contribution in [0.1, 0.15) is 6.92 Å². The highest BCUT2D eigenvalue weighted by Crippen LogP contribution is 2.14. The van der Waals surface area contributed by atoms with Crippen molar-refractivity contribution in [3.8, 4) is 0 Å². The number of amides is 2. The molecule has 2 amide bonds. The smallest absolute Gasteiger partial charge is 0.306 e. The first-order valence-electron chi connectivity index (χ1n) is 4.56. The highest BCUT2D eigenvalue weighted by atomic mass is 79.9. The van der Waals surface area contributed by atoms with Crippen LogP contribution in [0.5, 0.6) is 0 Å². The first-order valence-corrected chi connectivity index (χ1v) is 5.36. The molecule has 1 N–H and O–H groups in total. The van der Waals surface area contributed by atoms with E-state index in [9.17, 15) is 4.79 Å². The van der Waals surface area contributed by atoms with Crippen LogP contribution < -0.4 is 5.32 Å². The van der Waals surface area contributed by atoms with Crippen LogP contribution in [0.4, 0.5) is 10.5 Å². The van der Waals surface area contributed by atoms with Gasteiger partial charge in [-0.25, -0.2) is 9.86 Å². The molecular formula is C10H13BrN2O2. The fourth-order valence-electron chi connectivity index (χ4n) is 0.988. The zero-order valence-electron chi connectivity index (χ0n) is 8.66. The molecule has 1 rings (SSSR count). The molecule has 15 heavy (non-hydrogen) atoms. The Morgan fingerprint density at radius 1 is 1.47 bits per heavy atom. The Kier molecular flexibility index (Phi) is 4.58. The topological polar surface area (TPSA) is 41.6 Å². The molecule has 0 heterocycles. The summed E-state index contributed by atoms with van der Waals surface area (Å²) >= 11 is 3.32. The van der Waals surface area contributed by atoms with Gasteiger partial charge in [0.1, 0.15) is 0 Å². The quantitative estimate of drug-likeness (QED) is 0.860. The number of rotatable bonds is 3. The van der Waals surface area contributed by atoms with Gasteiger partial charge in [-0.1, -0.05) is 15.9 Å². The molecule has 0 aromatic heterocycles. The number of hydroxylamine groups is 2. The van der Waals surface area contributed by atoms with Gasteiger partial charge in [-0.05, 0) is 31.2 Å². The van der Waals surface area contributed by atoms with E-state index in [0.717, 1.165) is 10.2 Å². The van der Waals surface area contributed by atoms with E-state index in [-0.39, 0.29) is 6.03 Å². The van der Waals surface area contributed by atoms with Crippen molar-refractivity contribution in [1.82, 2.24) is 5.06 Å². The van der Waals surface area contributed by atoms with Crippen molar-refractivity contribution in [1.29, 1.82) is 0 Å². The van der Waals surface area contributed by atoms with E-state index in [1.165, 1.54) is 5.06 Å². The molecule has 0 spiro atoms. The maximum absolute atomic E-state index is 11.5. The van der Waals surface area contributed by atoms with E-state index in [1.807, 2.05) is 31.2 Å². The van der Waals surface area contributed by atoms with Crippen molar-refractivity contribution in [3.63, 3.8) is 0 Å². The van der Waals surface area contributed by atoms with Crippen LogP contribution in [0.15, 0.2) is 28.7 Å². The SMILES string of the molecule is CCON(C)C(=O)Nc1ccc(Br)cc1. The number of hydrogen-bond donors (Lipinski definition) is 1. The maximum Gasteiger partial charge on any atom is 0.345 e. The van der Waals surface area contributed by atoms with E-state index in [0.29, 0.717) is 6.61 Å². The Hall–Kier alpha value is -1.07. The molecular weight excluding hydrogens is 260 g/mol. The molecule has 0 atom stereocenters. The minimum atomic E-state index is -0.292. The third-order valence-corrected chi connectivity index (χ3v) is 2.23. The number of nitrogens with zero attached hydrogens (tertiary/aromatic N) is 1. The summed E-state index contributed by atoms with van der Waals surface area (Å²) in [4.78, 5) is 16.5. The van der Waals surface area contributed by atoms with Crippen molar-refractivity contribution < 1.29 is 9.63 Å². The van der Waals surface area contributed by atoms with Crippen molar-refractivity contribution in [3.05, 3.63) is 28.7 Å². The molecule has 0 unspecified atom stereocenters. The summed E-state index contributed by atoms with van der Waals surface area (Å²) in [5.41, 5.74) is 0.731. The number of carbonyl (C=O) groups excluding carboxylic acids is 1. The summed E-state index contributed by atoms with van der Waals surface area (Å²) in [5.74, 6) is 0. The third-order valence-electron chi connectivity index (χ3n) is 1.70. The fourth-order valence-corrected chi connectivity index (χ4v) is 1.25. The average Bonchev–Trinajstić information content (AvgIpc) is 2.22. The van der Waals surface area contributed by atoms with Gasteiger partial charge in [-0.3, -0.25) is 4.84 Å². The summed E-state index contributed by atoms with van der Waals surface area (Å²) < 4.78 is 0.971. The van der Waals surface area contributed by atoms with Crippen molar-refractivity contribution in [2.45, 2.75) is 6.92 Å². The number of benzene rings is 1. The molecule has 0 fully saturated rings. The molecule has 82 valence electrons. The third kappa shape index (κ3) is 3.89. The summed E-state index contributed by atoms with van der Waals surface area (Å²) in [7, 11) is 1.57. The second-order valence-corrected chi connectivity index (χ2v) is 3.77. The highest BCUT2D eigenvalue weighted by Gasteiger charge is 2.07. The maximum atomic E-state index is 11.5. The normalized spacial score (nSPS) is 9.80. The number of carbonyl (C=O) groups is 1. The summed E-state index contributed by atoms with van der Waals surface area (Å²) in [5, 5.41) is 3.86. The predicted octanol–water partition coefficient (Wildman–Crippen LogP) is 2.86. The van der Waals surface area contributed by atoms with E-state index >= 15 is 0 Å². The molecule has 4 nitrogen and oxygen atoms in total. The lowest BCUT2D eigenvalue weighted by molar-refractivity contribution is -0.0879. The van der Waals surface area contributed by atoms with Gasteiger partial charge in [0.2, 0.25) is 0 Å². The minimum absolute atomic E-state index is 0.292. The van der Waals surface area contributed by atoms with Gasteiger partial charge in [-0.15, -0.1) is 0 Å². The molecule has 5 heteroatoms.